The fourth-order valence-corrected chi connectivity index (χ4v) is 3.09. The Hall–Kier alpha value is -2.15. The monoisotopic (exact) mass is 332 g/mol. The van der Waals surface area contributed by atoms with Crippen LogP contribution in [-0.2, 0) is 14.3 Å². The third kappa shape index (κ3) is 3.44. The average molecular weight is 332 g/mol. The predicted octanol–water partition coefficient (Wildman–Crippen LogP) is 3.18. The van der Waals surface area contributed by atoms with Crippen LogP contribution in [0.4, 0.5) is 0 Å². The first-order valence-electron chi connectivity index (χ1n) is 7.08. The molecule has 0 radical (unpaired) electrons. The molecule has 0 bridgehead atoms. The van der Waals surface area contributed by atoms with Crippen molar-refractivity contribution in [2.45, 2.75) is 17.9 Å². The highest BCUT2D eigenvalue weighted by molar-refractivity contribution is 7.86. The lowest BCUT2D eigenvalue weighted by Crippen LogP contribution is -2.13. The maximum absolute atomic E-state index is 12.1. The Morgan fingerprint density at radius 1 is 1.13 bits per heavy atom. The first kappa shape index (κ1) is 15.7. The molecule has 120 valence electrons. The number of fused-ring (bicyclic) bond motifs is 1. The summed E-state index contributed by atoms with van der Waals surface area (Å²) in [6, 6.07) is 15.3. The van der Waals surface area contributed by atoms with E-state index < -0.39 is 22.8 Å². The Morgan fingerprint density at radius 3 is 2.52 bits per heavy atom. The lowest BCUT2D eigenvalue weighted by molar-refractivity contribution is 0.0932. The van der Waals surface area contributed by atoms with Gasteiger partial charge in [-0.05, 0) is 31.2 Å². The number of aliphatic hydroxyl groups is 1. The van der Waals surface area contributed by atoms with Crippen LogP contribution in [0.25, 0.3) is 11.0 Å². The van der Waals surface area contributed by atoms with Crippen molar-refractivity contribution < 1.29 is 22.1 Å². The zero-order valence-corrected chi connectivity index (χ0v) is 13.3. The molecule has 1 aromatic heterocycles. The van der Waals surface area contributed by atoms with Crippen LogP contribution < -0.4 is 0 Å². The molecular formula is C17H16O5S. The number of aliphatic hydroxyl groups excluding tert-OH is 1. The van der Waals surface area contributed by atoms with Crippen LogP contribution in [-0.4, -0.2) is 20.1 Å². The lowest BCUT2D eigenvalue weighted by Gasteiger charge is -2.09. The zero-order valence-electron chi connectivity index (χ0n) is 12.5. The van der Waals surface area contributed by atoms with Crippen molar-refractivity contribution >= 4 is 21.1 Å². The molecule has 0 aliphatic carbocycles. The summed E-state index contributed by atoms with van der Waals surface area (Å²) in [7, 11) is -3.91. The number of hydrogen-bond donors (Lipinski definition) is 1. The molecule has 0 aliphatic rings. The van der Waals surface area contributed by atoms with Gasteiger partial charge in [0.15, 0.2) is 0 Å². The van der Waals surface area contributed by atoms with Crippen molar-refractivity contribution in [3.63, 3.8) is 0 Å². The molecule has 2 aromatic carbocycles. The van der Waals surface area contributed by atoms with E-state index in [1.807, 2.05) is 25.1 Å². The van der Waals surface area contributed by atoms with E-state index in [2.05, 4.69) is 0 Å². The molecule has 0 fully saturated rings. The SMILES string of the molecule is Cc1ccc(S(=O)(=O)OC[C@@H](O)c2cc3ccccc3o2)cc1. The second-order valence-electron chi connectivity index (χ2n) is 5.25. The second kappa shape index (κ2) is 6.16. The number of rotatable bonds is 5. The van der Waals surface area contributed by atoms with Gasteiger partial charge in [-0.15, -0.1) is 0 Å². The van der Waals surface area contributed by atoms with Crippen LogP contribution in [0.15, 0.2) is 63.9 Å². The van der Waals surface area contributed by atoms with Crippen LogP contribution in [0.1, 0.15) is 17.4 Å². The van der Waals surface area contributed by atoms with Crippen LogP contribution >= 0.6 is 0 Å². The highest BCUT2D eigenvalue weighted by Gasteiger charge is 2.20. The molecule has 0 aliphatic heterocycles. The summed E-state index contributed by atoms with van der Waals surface area (Å²) in [5.74, 6) is 0.269. The highest BCUT2D eigenvalue weighted by Crippen LogP contribution is 2.25. The Labute approximate surface area is 134 Å². The van der Waals surface area contributed by atoms with Crippen LogP contribution in [0, 0.1) is 6.92 Å². The quantitative estimate of drug-likeness (QED) is 0.726. The Morgan fingerprint density at radius 2 is 1.83 bits per heavy atom. The largest absolute Gasteiger partial charge is 0.458 e. The van der Waals surface area contributed by atoms with Gasteiger partial charge < -0.3 is 9.52 Å². The average Bonchev–Trinajstić information content (AvgIpc) is 2.97. The Balaban J connectivity index is 1.72. The molecule has 0 saturated carbocycles. The maximum atomic E-state index is 12.1. The summed E-state index contributed by atoms with van der Waals surface area (Å²) < 4.78 is 34.6. The number of para-hydroxylation sites is 1. The first-order valence-corrected chi connectivity index (χ1v) is 8.49. The number of benzene rings is 2. The van der Waals surface area contributed by atoms with Gasteiger partial charge in [0, 0.05) is 5.39 Å². The minimum atomic E-state index is -3.91. The van der Waals surface area contributed by atoms with Crippen molar-refractivity contribution in [1.29, 1.82) is 0 Å². The fraction of sp³-hybridized carbons (Fsp3) is 0.176. The molecule has 0 saturated heterocycles. The fourth-order valence-electron chi connectivity index (χ4n) is 2.18. The molecule has 0 spiro atoms. The summed E-state index contributed by atoms with van der Waals surface area (Å²) >= 11 is 0. The van der Waals surface area contributed by atoms with Crippen LogP contribution in [0.5, 0.6) is 0 Å². The number of aryl methyl sites for hydroxylation is 1. The third-order valence-corrected chi connectivity index (χ3v) is 4.76. The summed E-state index contributed by atoms with van der Waals surface area (Å²) in [4.78, 5) is 0.0555. The normalized spacial score (nSPS) is 13.3. The van der Waals surface area contributed by atoms with Crippen molar-refractivity contribution in [2.24, 2.45) is 0 Å². The summed E-state index contributed by atoms with van der Waals surface area (Å²) in [5.41, 5.74) is 1.58. The number of hydrogen-bond acceptors (Lipinski definition) is 5. The van der Waals surface area contributed by atoms with Crippen molar-refractivity contribution in [1.82, 2.24) is 0 Å². The van der Waals surface area contributed by atoms with Gasteiger partial charge in [0.05, 0.1) is 11.5 Å². The molecule has 6 heteroatoms. The Bertz CT molecular complexity index is 877. The van der Waals surface area contributed by atoms with E-state index in [1.165, 1.54) is 12.1 Å². The van der Waals surface area contributed by atoms with Crippen molar-refractivity contribution in [2.75, 3.05) is 6.61 Å². The van der Waals surface area contributed by atoms with Gasteiger partial charge in [-0.1, -0.05) is 35.9 Å². The molecule has 1 heterocycles. The van der Waals surface area contributed by atoms with Crippen molar-refractivity contribution in [3.8, 4) is 0 Å². The topological polar surface area (TPSA) is 76.7 Å². The van der Waals surface area contributed by atoms with E-state index in [1.54, 1.807) is 24.3 Å². The zero-order chi connectivity index (χ0) is 16.4. The second-order valence-corrected chi connectivity index (χ2v) is 6.87. The molecule has 23 heavy (non-hydrogen) atoms. The summed E-state index contributed by atoms with van der Waals surface area (Å²) in [5, 5.41) is 10.9. The Kier molecular flexibility index (Phi) is 4.21. The van der Waals surface area contributed by atoms with E-state index in [9.17, 15) is 13.5 Å². The molecule has 0 unspecified atom stereocenters. The van der Waals surface area contributed by atoms with Gasteiger partial charge in [-0.2, -0.15) is 8.42 Å². The molecule has 1 atom stereocenters. The molecular weight excluding hydrogens is 316 g/mol. The molecule has 1 N–H and O–H groups in total. The van der Waals surface area contributed by atoms with Gasteiger partial charge in [-0.25, -0.2) is 0 Å². The molecule has 0 amide bonds. The van der Waals surface area contributed by atoms with E-state index in [0.717, 1.165) is 10.9 Å². The van der Waals surface area contributed by atoms with Gasteiger partial charge in [0.2, 0.25) is 0 Å². The smallest absolute Gasteiger partial charge is 0.297 e. The van der Waals surface area contributed by atoms with E-state index in [-0.39, 0.29) is 10.7 Å². The number of furan rings is 1. The first-order chi connectivity index (χ1) is 11.0. The minimum absolute atomic E-state index is 0.0555. The predicted molar refractivity (Wildman–Crippen MR) is 85.5 cm³/mol. The third-order valence-electron chi connectivity index (χ3n) is 3.46. The van der Waals surface area contributed by atoms with Gasteiger partial charge >= 0.3 is 0 Å². The highest BCUT2D eigenvalue weighted by atomic mass is 32.2. The molecule has 3 aromatic rings. The van der Waals surface area contributed by atoms with E-state index >= 15 is 0 Å². The maximum Gasteiger partial charge on any atom is 0.297 e. The van der Waals surface area contributed by atoms with E-state index in [0.29, 0.717) is 5.58 Å². The lowest BCUT2D eigenvalue weighted by atomic mass is 10.2. The van der Waals surface area contributed by atoms with Gasteiger partial charge in [-0.3, -0.25) is 4.18 Å². The van der Waals surface area contributed by atoms with Crippen molar-refractivity contribution in [3.05, 3.63) is 65.9 Å². The molecule has 3 rings (SSSR count). The van der Waals surface area contributed by atoms with Crippen LogP contribution in [0.2, 0.25) is 0 Å². The van der Waals surface area contributed by atoms with Gasteiger partial charge in [0.1, 0.15) is 17.4 Å². The van der Waals surface area contributed by atoms with E-state index in [4.69, 9.17) is 8.60 Å². The summed E-state index contributed by atoms with van der Waals surface area (Å²) in [6.07, 6.45) is -1.16. The minimum Gasteiger partial charge on any atom is -0.458 e. The molecule has 5 nitrogen and oxygen atoms in total. The van der Waals surface area contributed by atoms with Crippen LogP contribution in [0.3, 0.4) is 0 Å². The summed E-state index contributed by atoms with van der Waals surface area (Å²) in [6.45, 7) is 1.46. The standard InChI is InChI=1S/C17H16O5S/c1-12-6-8-14(9-7-12)23(19,20)21-11-15(18)17-10-13-4-2-3-5-16(13)22-17/h2-10,15,18H,11H2,1H3/t15-/m1/s1. The van der Waals surface area contributed by atoms with Gasteiger partial charge in [0.25, 0.3) is 10.1 Å².